The van der Waals surface area contributed by atoms with Crippen molar-refractivity contribution in [2.24, 2.45) is 0 Å². The third-order valence-corrected chi connectivity index (χ3v) is 5.65. The van der Waals surface area contributed by atoms with Crippen LogP contribution in [0, 0.1) is 0 Å². The van der Waals surface area contributed by atoms with Crippen molar-refractivity contribution in [2.75, 3.05) is 12.8 Å². The maximum Gasteiger partial charge on any atom is 0.271 e. The van der Waals surface area contributed by atoms with Gasteiger partial charge in [0.2, 0.25) is 0 Å². The number of hydrogen-bond donors (Lipinski definition) is 1. The third kappa shape index (κ3) is 4.58. The lowest BCUT2D eigenvalue weighted by molar-refractivity contribution is 0.0943. The number of carbonyl (C=O) groups is 1. The molecule has 0 atom stereocenters. The number of carbonyl (C=O) groups excluding carboxylic acids is 1. The van der Waals surface area contributed by atoms with Gasteiger partial charge in [-0.3, -0.25) is 4.79 Å². The molecule has 0 fully saturated rings. The average Bonchev–Trinajstić information content (AvgIpc) is 2.49. The predicted molar refractivity (Wildman–Crippen MR) is 90.3 cm³/mol. The molecule has 0 unspecified atom stereocenters. The van der Waals surface area contributed by atoms with Crippen molar-refractivity contribution in [3.8, 4) is 0 Å². The van der Waals surface area contributed by atoms with Crippen LogP contribution >= 0.6 is 23.4 Å². The maximum absolute atomic E-state index is 12.3. The second-order valence-electron chi connectivity index (χ2n) is 5.36. The largest absolute Gasteiger partial charge is 0.349 e. The highest BCUT2D eigenvalue weighted by molar-refractivity contribution is 8.00. The van der Waals surface area contributed by atoms with Crippen LogP contribution in [0.5, 0.6) is 0 Å². The third-order valence-electron chi connectivity index (χ3n) is 3.79. The lowest BCUT2D eigenvalue weighted by Gasteiger charge is -2.29. The maximum atomic E-state index is 12.3. The molecule has 0 radical (unpaired) electrons. The Labute approximate surface area is 136 Å². The summed E-state index contributed by atoms with van der Waals surface area (Å²) in [6.45, 7) is 8.86. The minimum Gasteiger partial charge on any atom is -0.349 e. The molecule has 21 heavy (non-hydrogen) atoms. The summed E-state index contributed by atoms with van der Waals surface area (Å²) >= 11 is 7.84. The number of amides is 1. The number of rotatable bonds is 7. The number of nitrogens with one attached hydrogen (secondary N) is 1. The first kappa shape index (κ1) is 18.2. The molecule has 1 rings (SSSR count). The fourth-order valence-corrected chi connectivity index (χ4v) is 2.97. The van der Waals surface area contributed by atoms with Crippen LogP contribution in [0.1, 0.15) is 62.8 Å². The molecule has 0 aliphatic carbocycles. The van der Waals surface area contributed by atoms with Gasteiger partial charge in [0.15, 0.2) is 0 Å². The van der Waals surface area contributed by atoms with E-state index in [1.807, 2.05) is 13.8 Å². The monoisotopic (exact) mass is 329 g/mol. The Kier molecular flexibility index (Phi) is 6.94. The van der Waals surface area contributed by atoms with Crippen molar-refractivity contribution in [3.63, 3.8) is 0 Å². The Morgan fingerprint density at radius 2 is 2.05 bits per heavy atom. The van der Waals surface area contributed by atoms with E-state index in [4.69, 9.17) is 11.6 Å². The molecule has 0 bridgehead atoms. The summed E-state index contributed by atoms with van der Waals surface area (Å²) in [6, 6.07) is 0. The lowest BCUT2D eigenvalue weighted by atomic mass is 10.0. The van der Waals surface area contributed by atoms with Crippen LogP contribution in [-0.4, -0.2) is 33.4 Å². The van der Waals surface area contributed by atoms with Crippen LogP contribution in [0.15, 0.2) is 6.20 Å². The highest BCUT2D eigenvalue weighted by Gasteiger charge is 2.26. The molecule has 0 saturated heterocycles. The summed E-state index contributed by atoms with van der Waals surface area (Å²) in [6.07, 6.45) is 5.58. The van der Waals surface area contributed by atoms with Gasteiger partial charge in [0.05, 0.1) is 11.2 Å². The zero-order chi connectivity index (χ0) is 16.0. The lowest BCUT2D eigenvalue weighted by Crippen LogP contribution is -2.40. The molecule has 6 heteroatoms. The summed E-state index contributed by atoms with van der Waals surface area (Å²) in [5, 5.41) is 3.26. The molecule has 0 aromatic carbocycles. The molecule has 1 amide bonds. The van der Waals surface area contributed by atoms with Gasteiger partial charge in [-0.2, -0.15) is 11.8 Å². The molecule has 1 N–H and O–H groups in total. The molecule has 1 aromatic heterocycles. The summed E-state index contributed by atoms with van der Waals surface area (Å²) in [4.78, 5) is 20.8. The SMILES string of the molecule is CCC(CC)(CNC(=O)c1nc(C(C)C)ncc1Cl)SC. The van der Waals surface area contributed by atoms with Gasteiger partial charge in [-0.15, -0.1) is 0 Å². The first-order chi connectivity index (χ1) is 9.89. The summed E-state index contributed by atoms with van der Waals surface area (Å²) < 4.78 is 0.0655. The zero-order valence-electron chi connectivity index (χ0n) is 13.4. The van der Waals surface area contributed by atoms with E-state index in [1.165, 1.54) is 6.20 Å². The topological polar surface area (TPSA) is 54.9 Å². The minimum atomic E-state index is -0.232. The highest BCUT2D eigenvalue weighted by atomic mass is 35.5. The van der Waals surface area contributed by atoms with Crippen LogP contribution < -0.4 is 5.32 Å². The van der Waals surface area contributed by atoms with E-state index in [0.29, 0.717) is 17.4 Å². The van der Waals surface area contributed by atoms with Crippen LogP contribution in [0.2, 0.25) is 5.02 Å². The summed E-state index contributed by atoms with van der Waals surface area (Å²) in [5.74, 6) is 0.557. The Bertz CT molecular complexity index is 482. The van der Waals surface area contributed by atoms with Crippen molar-refractivity contribution < 1.29 is 4.79 Å². The quantitative estimate of drug-likeness (QED) is 0.824. The van der Waals surface area contributed by atoms with E-state index in [2.05, 4.69) is 35.4 Å². The van der Waals surface area contributed by atoms with E-state index in [-0.39, 0.29) is 22.3 Å². The Morgan fingerprint density at radius 3 is 2.52 bits per heavy atom. The molecule has 0 aliphatic heterocycles. The van der Waals surface area contributed by atoms with Crippen molar-refractivity contribution in [1.82, 2.24) is 15.3 Å². The van der Waals surface area contributed by atoms with E-state index in [1.54, 1.807) is 11.8 Å². The highest BCUT2D eigenvalue weighted by Crippen LogP contribution is 2.29. The number of hydrogen-bond acceptors (Lipinski definition) is 4. The van der Waals surface area contributed by atoms with Gasteiger partial charge in [0.1, 0.15) is 11.5 Å². The molecule has 1 heterocycles. The molecular formula is C15H24ClN3OS. The molecule has 1 aromatic rings. The fraction of sp³-hybridized carbons (Fsp3) is 0.667. The molecular weight excluding hydrogens is 306 g/mol. The first-order valence-corrected chi connectivity index (χ1v) is 8.85. The van der Waals surface area contributed by atoms with Crippen molar-refractivity contribution >= 4 is 29.3 Å². The van der Waals surface area contributed by atoms with Gasteiger partial charge in [-0.25, -0.2) is 9.97 Å². The van der Waals surface area contributed by atoms with Gasteiger partial charge in [-0.1, -0.05) is 39.3 Å². The Hall–Kier alpha value is -0.810. The predicted octanol–water partition coefficient (Wildman–Crippen LogP) is 3.91. The number of aromatic nitrogens is 2. The molecule has 0 saturated carbocycles. The zero-order valence-corrected chi connectivity index (χ0v) is 14.9. The van der Waals surface area contributed by atoms with Gasteiger partial charge < -0.3 is 5.32 Å². The number of nitrogens with zero attached hydrogens (tertiary/aromatic N) is 2. The number of halogens is 1. The van der Waals surface area contributed by atoms with Gasteiger partial charge in [0, 0.05) is 17.2 Å². The minimum absolute atomic E-state index is 0.0655. The fourth-order valence-electron chi connectivity index (χ4n) is 2.00. The van der Waals surface area contributed by atoms with Gasteiger partial charge in [-0.05, 0) is 19.1 Å². The second kappa shape index (κ2) is 7.99. The van der Waals surface area contributed by atoms with E-state index in [9.17, 15) is 4.79 Å². The van der Waals surface area contributed by atoms with Crippen LogP contribution in [0.4, 0.5) is 0 Å². The van der Waals surface area contributed by atoms with Crippen LogP contribution in [0.25, 0.3) is 0 Å². The van der Waals surface area contributed by atoms with Gasteiger partial charge in [0.25, 0.3) is 5.91 Å². The normalized spacial score (nSPS) is 11.8. The average molecular weight is 330 g/mol. The Balaban J connectivity index is 2.87. The first-order valence-electron chi connectivity index (χ1n) is 7.24. The Morgan fingerprint density at radius 1 is 1.43 bits per heavy atom. The second-order valence-corrected chi connectivity index (χ2v) is 7.04. The molecule has 0 aliphatic rings. The van der Waals surface area contributed by atoms with Crippen molar-refractivity contribution in [1.29, 1.82) is 0 Å². The summed E-state index contributed by atoms with van der Waals surface area (Å²) in [7, 11) is 0. The smallest absolute Gasteiger partial charge is 0.271 e. The van der Waals surface area contributed by atoms with Crippen molar-refractivity contribution in [2.45, 2.75) is 51.2 Å². The standard InChI is InChI=1S/C15H24ClN3OS/c1-6-15(7-2,21-5)9-18-14(20)12-11(16)8-17-13(19-12)10(3)4/h8,10H,6-7,9H2,1-5H3,(H,18,20). The summed E-state index contributed by atoms with van der Waals surface area (Å²) in [5.41, 5.74) is 0.262. The van der Waals surface area contributed by atoms with Crippen molar-refractivity contribution in [3.05, 3.63) is 22.7 Å². The van der Waals surface area contributed by atoms with E-state index in [0.717, 1.165) is 12.8 Å². The molecule has 0 spiro atoms. The van der Waals surface area contributed by atoms with E-state index < -0.39 is 0 Å². The van der Waals surface area contributed by atoms with Gasteiger partial charge >= 0.3 is 0 Å². The number of thioether (sulfide) groups is 1. The molecule has 4 nitrogen and oxygen atoms in total. The van der Waals surface area contributed by atoms with E-state index >= 15 is 0 Å². The molecule has 118 valence electrons. The van der Waals surface area contributed by atoms with Crippen LogP contribution in [0.3, 0.4) is 0 Å². The van der Waals surface area contributed by atoms with Crippen LogP contribution in [-0.2, 0) is 0 Å².